The second-order valence-electron chi connectivity index (χ2n) is 4.88. The van der Waals surface area contributed by atoms with Crippen LogP contribution in [-0.4, -0.2) is 57.8 Å². The lowest BCUT2D eigenvalue weighted by molar-refractivity contribution is 0.406. The smallest absolute Gasteiger partial charge is 0.216 e. The van der Waals surface area contributed by atoms with E-state index >= 15 is 0 Å². The van der Waals surface area contributed by atoms with Crippen LogP contribution in [-0.2, 0) is 10.0 Å². The van der Waals surface area contributed by atoms with Crippen molar-refractivity contribution in [1.82, 2.24) is 14.9 Å². The molecule has 0 bridgehead atoms. The van der Waals surface area contributed by atoms with Crippen molar-refractivity contribution in [2.45, 2.75) is 30.6 Å². The molecule has 2 N–H and O–H groups in total. The van der Waals surface area contributed by atoms with Gasteiger partial charge in [-0.2, -0.15) is 0 Å². The standard InChI is InChI=1S/C10H21N3O2S/c1-13-6-4-9(8-13)12-16(14,15)10-3-2-5-11-7-10/h9-12H,2-8H2,1H3. The zero-order chi connectivity index (χ0) is 11.6. The highest BCUT2D eigenvalue weighted by atomic mass is 32.2. The predicted octanol–water partition coefficient (Wildman–Crippen LogP) is -0.638. The summed E-state index contributed by atoms with van der Waals surface area (Å²) in [6, 6.07) is 0.108. The highest BCUT2D eigenvalue weighted by Gasteiger charge is 2.31. The number of rotatable bonds is 3. The van der Waals surface area contributed by atoms with Crippen LogP contribution < -0.4 is 10.0 Å². The summed E-state index contributed by atoms with van der Waals surface area (Å²) in [5.41, 5.74) is 0. The Morgan fingerprint density at radius 3 is 2.75 bits per heavy atom. The van der Waals surface area contributed by atoms with E-state index in [0.29, 0.717) is 6.54 Å². The summed E-state index contributed by atoms with van der Waals surface area (Å²) in [5, 5.41) is 2.90. The van der Waals surface area contributed by atoms with Gasteiger partial charge in [-0.25, -0.2) is 13.1 Å². The van der Waals surface area contributed by atoms with Gasteiger partial charge < -0.3 is 10.2 Å². The van der Waals surface area contributed by atoms with Crippen molar-refractivity contribution in [1.29, 1.82) is 0 Å². The lowest BCUT2D eigenvalue weighted by atomic mass is 10.2. The van der Waals surface area contributed by atoms with E-state index in [4.69, 9.17) is 0 Å². The van der Waals surface area contributed by atoms with Gasteiger partial charge in [-0.3, -0.25) is 0 Å². The minimum absolute atomic E-state index is 0.108. The molecular weight excluding hydrogens is 226 g/mol. The Hall–Kier alpha value is -0.170. The summed E-state index contributed by atoms with van der Waals surface area (Å²) >= 11 is 0. The van der Waals surface area contributed by atoms with E-state index in [2.05, 4.69) is 14.9 Å². The van der Waals surface area contributed by atoms with E-state index in [1.807, 2.05) is 7.05 Å². The number of piperidine rings is 1. The van der Waals surface area contributed by atoms with Crippen LogP contribution in [0.3, 0.4) is 0 Å². The first-order valence-corrected chi connectivity index (χ1v) is 7.53. The molecule has 2 fully saturated rings. The van der Waals surface area contributed by atoms with Crippen molar-refractivity contribution in [2.75, 3.05) is 33.2 Å². The van der Waals surface area contributed by atoms with Gasteiger partial charge in [0.1, 0.15) is 0 Å². The summed E-state index contributed by atoms with van der Waals surface area (Å²) in [6.07, 6.45) is 2.66. The molecule has 2 atom stereocenters. The third-order valence-electron chi connectivity index (χ3n) is 3.41. The molecule has 0 amide bonds. The second kappa shape index (κ2) is 5.00. The van der Waals surface area contributed by atoms with E-state index in [0.717, 1.165) is 38.9 Å². The highest BCUT2D eigenvalue weighted by Crippen LogP contribution is 2.14. The van der Waals surface area contributed by atoms with Crippen LogP contribution in [0.25, 0.3) is 0 Å². The van der Waals surface area contributed by atoms with Crippen LogP contribution in [0.4, 0.5) is 0 Å². The molecular formula is C10H21N3O2S. The average molecular weight is 247 g/mol. The van der Waals surface area contributed by atoms with Gasteiger partial charge >= 0.3 is 0 Å². The summed E-state index contributed by atoms with van der Waals surface area (Å²) in [6.45, 7) is 3.35. The topological polar surface area (TPSA) is 61.4 Å². The predicted molar refractivity (Wildman–Crippen MR) is 63.8 cm³/mol. The second-order valence-corrected chi connectivity index (χ2v) is 6.87. The van der Waals surface area contributed by atoms with Crippen molar-refractivity contribution in [3.05, 3.63) is 0 Å². The summed E-state index contributed by atoms with van der Waals surface area (Å²) in [5.74, 6) is 0. The van der Waals surface area contributed by atoms with Gasteiger partial charge in [-0.05, 0) is 39.4 Å². The van der Waals surface area contributed by atoms with E-state index in [9.17, 15) is 8.42 Å². The molecule has 0 aromatic heterocycles. The summed E-state index contributed by atoms with van der Waals surface area (Å²) in [7, 11) is -1.11. The lowest BCUT2D eigenvalue weighted by Crippen LogP contribution is -2.47. The Balaban J connectivity index is 1.91. The van der Waals surface area contributed by atoms with Crippen molar-refractivity contribution >= 4 is 10.0 Å². The number of nitrogens with one attached hydrogen (secondary N) is 2. The van der Waals surface area contributed by atoms with E-state index in [1.54, 1.807) is 0 Å². The van der Waals surface area contributed by atoms with Gasteiger partial charge in [0.15, 0.2) is 0 Å². The Morgan fingerprint density at radius 2 is 2.19 bits per heavy atom. The van der Waals surface area contributed by atoms with Crippen molar-refractivity contribution in [2.24, 2.45) is 0 Å². The van der Waals surface area contributed by atoms with Crippen LogP contribution in [0.5, 0.6) is 0 Å². The van der Waals surface area contributed by atoms with Gasteiger partial charge in [0, 0.05) is 19.1 Å². The Labute approximate surface area is 97.6 Å². The number of hydrogen-bond acceptors (Lipinski definition) is 4. The fourth-order valence-electron chi connectivity index (χ4n) is 2.44. The van der Waals surface area contributed by atoms with E-state index in [1.165, 1.54) is 0 Å². The Bertz CT molecular complexity index is 325. The molecule has 6 heteroatoms. The Morgan fingerprint density at radius 1 is 1.38 bits per heavy atom. The largest absolute Gasteiger partial charge is 0.315 e. The molecule has 2 unspecified atom stereocenters. The minimum Gasteiger partial charge on any atom is -0.315 e. The molecule has 0 radical (unpaired) electrons. The van der Waals surface area contributed by atoms with E-state index in [-0.39, 0.29) is 11.3 Å². The molecule has 0 aromatic carbocycles. The maximum Gasteiger partial charge on any atom is 0.216 e. The van der Waals surface area contributed by atoms with Gasteiger partial charge in [0.25, 0.3) is 0 Å². The summed E-state index contributed by atoms with van der Waals surface area (Å²) in [4.78, 5) is 2.16. The molecule has 0 aromatic rings. The zero-order valence-corrected chi connectivity index (χ0v) is 10.6. The van der Waals surface area contributed by atoms with Crippen LogP contribution in [0.1, 0.15) is 19.3 Å². The first-order chi connectivity index (χ1) is 7.58. The third-order valence-corrected chi connectivity index (χ3v) is 5.35. The van der Waals surface area contributed by atoms with E-state index < -0.39 is 10.0 Å². The summed E-state index contributed by atoms with van der Waals surface area (Å²) < 4.78 is 27.0. The van der Waals surface area contributed by atoms with Crippen molar-refractivity contribution in [3.8, 4) is 0 Å². The van der Waals surface area contributed by atoms with Gasteiger partial charge in [0.05, 0.1) is 5.25 Å². The molecule has 0 aliphatic carbocycles. The molecule has 16 heavy (non-hydrogen) atoms. The number of sulfonamides is 1. The molecule has 2 aliphatic heterocycles. The maximum absolute atomic E-state index is 12.1. The third kappa shape index (κ3) is 2.94. The minimum atomic E-state index is -3.13. The number of hydrogen-bond donors (Lipinski definition) is 2. The molecule has 2 rings (SSSR count). The highest BCUT2D eigenvalue weighted by molar-refractivity contribution is 7.90. The molecule has 2 heterocycles. The first kappa shape index (κ1) is 12.3. The van der Waals surface area contributed by atoms with Gasteiger partial charge in [-0.15, -0.1) is 0 Å². The Kier molecular flexibility index (Phi) is 3.84. The fourth-order valence-corrected chi connectivity index (χ4v) is 4.11. The molecule has 94 valence electrons. The number of likely N-dealkylation sites (tertiary alicyclic amines) is 1. The first-order valence-electron chi connectivity index (χ1n) is 5.98. The average Bonchev–Trinajstić information content (AvgIpc) is 2.64. The lowest BCUT2D eigenvalue weighted by Gasteiger charge is -2.24. The van der Waals surface area contributed by atoms with Crippen LogP contribution in [0.15, 0.2) is 0 Å². The fraction of sp³-hybridized carbons (Fsp3) is 1.00. The zero-order valence-electron chi connectivity index (χ0n) is 9.78. The van der Waals surface area contributed by atoms with Crippen molar-refractivity contribution in [3.63, 3.8) is 0 Å². The van der Waals surface area contributed by atoms with Crippen LogP contribution >= 0.6 is 0 Å². The van der Waals surface area contributed by atoms with Gasteiger partial charge in [-0.1, -0.05) is 0 Å². The quantitative estimate of drug-likeness (QED) is 0.696. The maximum atomic E-state index is 12.1. The molecule has 0 saturated carbocycles. The SMILES string of the molecule is CN1CCC(NS(=O)(=O)C2CCCNC2)C1. The van der Waals surface area contributed by atoms with Gasteiger partial charge in [0.2, 0.25) is 10.0 Å². The number of nitrogens with zero attached hydrogens (tertiary/aromatic N) is 1. The molecule has 2 saturated heterocycles. The van der Waals surface area contributed by atoms with Crippen LogP contribution in [0, 0.1) is 0 Å². The molecule has 5 nitrogen and oxygen atoms in total. The monoisotopic (exact) mass is 247 g/mol. The number of likely N-dealkylation sites (N-methyl/N-ethyl adjacent to an activating group) is 1. The molecule has 2 aliphatic rings. The van der Waals surface area contributed by atoms with Crippen molar-refractivity contribution < 1.29 is 8.42 Å². The normalized spacial score (nSPS) is 33.1. The van der Waals surface area contributed by atoms with Crippen LogP contribution in [0.2, 0.25) is 0 Å². The molecule has 0 spiro atoms.